The Bertz CT molecular complexity index is 756. The third kappa shape index (κ3) is 6.87. The lowest BCUT2D eigenvalue weighted by Crippen LogP contribution is -2.51. The Hall–Kier alpha value is -2.37. The quantitative estimate of drug-likeness (QED) is 0.742. The molecule has 2 aromatic rings. The zero-order valence-corrected chi connectivity index (χ0v) is 17.6. The first-order valence-corrected chi connectivity index (χ1v) is 10.6. The van der Waals surface area contributed by atoms with Crippen LogP contribution in [-0.4, -0.2) is 54.7 Å². The summed E-state index contributed by atoms with van der Waals surface area (Å²) in [5.74, 6) is 0. The number of hydrogen-bond donors (Lipinski definition) is 1. The highest BCUT2D eigenvalue weighted by molar-refractivity contribution is 5.74. The van der Waals surface area contributed by atoms with E-state index in [-0.39, 0.29) is 12.1 Å². The molecular formula is C24H33N3O2. The summed E-state index contributed by atoms with van der Waals surface area (Å²) in [6.45, 7) is 9.63. The number of hydrogen-bond acceptors (Lipinski definition) is 3. The van der Waals surface area contributed by atoms with E-state index in [0.717, 1.165) is 50.3 Å². The number of carbonyl (C=O) groups is 1. The van der Waals surface area contributed by atoms with E-state index >= 15 is 0 Å². The van der Waals surface area contributed by atoms with Gasteiger partial charge >= 0.3 is 6.03 Å². The molecule has 1 N–H and O–H groups in total. The normalized spacial score (nSPS) is 14.9. The van der Waals surface area contributed by atoms with Gasteiger partial charge in [-0.25, -0.2) is 4.79 Å². The van der Waals surface area contributed by atoms with Gasteiger partial charge in [0.1, 0.15) is 0 Å². The molecule has 0 atom stereocenters. The highest BCUT2D eigenvalue weighted by Crippen LogP contribution is 2.12. The summed E-state index contributed by atoms with van der Waals surface area (Å²) in [4.78, 5) is 17.0. The second-order valence-electron chi connectivity index (χ2n) is 7.85. The van der Waals surface area contributed by atoms with Gasteiger partial charge in [-0.15, -0.1) is 0 Å². The number of urea groups is 1. The van der Waals surface area contributed by atoms with Gasteiger partial charge in [0, 0.05) is 39.3 Å². The minimum Gasteiger partial charge on any atom is -0.374 e. The van der Waals surface area contributed by atoms with Gasteiger partial charge in [-0.1, -0.05) is 54.6 Å². The van der Waals surface area contributed by atoms with Gasteiger partial charge in [0.25, 0.3) is 0 Å². The van der Waals surface area contributed by atoms with E-state index in [2.05, 4.69) is 52.7 Å². The van der Waals surface area contributed by atoms with Gasteiger partial charge in [0.05, 0.1) is 12.7 Å². The molecule has 0 spiro atoms. The third-order valence-corrected chi connectivity index (χ3v) is 5.34. The topological polar surface area (TPSA) is 44.8 Å². The molecule has 1 fully saturated rings. The van der Waals surface area contributed by atoms with Gasteiger partial charge in [-0.3, -0.25) is 4.90 Å². The lowest BCUT2D eigenvalue weighted by Gasteiger charge is -2.34. The Kier molecular flexibility index (Phi) is 8.08. The predicted molar refractivity (Wildman–Crippen MR) is 117 cm³/mol. The lowest BCUT2D eigenvalue weighted by molar-refractivity contribution is 0.0652. The largest absolute Gasteiger partial charge is 0.374 e. The van der Waals surface area contributed by atoms with Crippen molar-refractivity contribution < 1.29 is 9.53 Å². The maximum Gasteiger partial charge on any atom is 0.317 e. The molecule has 1 heterocycles. The van der Waals surface area contributed by atoms with E-state index in [1.54, 1.807) is 0 Å². The summed E-state index contributed by atoms with van der Waals surface area (Å²) >= 11 is 0. The molecule has 5 heteroatoms. The van der Waals surface area contributed by atoms with Crippen LogP contribution in [0.5, 0.6) is 0 Å². The second kappa shape index (κ2) is 11.0. The fraction of sp³-hybridized carbons (Fsp3) is 0.458. The standard InChI is InChI=1S/C24H33N3O2/c1-20(2)29-19-23-11-7-6-10-22(23)18-25-24(28)27-16-14-26(15-17-27)13-12-21-8-4-3-5-9-21/h3-11,20H,12-19H2,1-2H3,(H,25,28). The van der Waals surface area contributed by atoms with Crippen LogP contribution in [-0.2, 0) is 24.3 Å². The molecule has 0 bridgehead atoms. The average molecular weight is 396 g/mol. The Balaban J connectivity index is 1.41. The van der Waals surface area contributed by atoms with Crippen LogP contribution in [0.4, 0.5) is 4.79 Å². The summed E-state index contributed by atoms with van der Waals surface area (Å²) in [6, 6.07) is 18.7. The van der Waals surface area contributed by atoms with Gasteiger partial charge in [0.15, 0.2) is 0 Å². The maximum absolute atomic E-state index is 12.6. The van der Waals surface area contributed by atoms with E-state index in [1.807, 2.05) is 30.9 Å². The first-order chi connectivity index (χ1) is 14.1. The van der Waals surface area contributed by atoms with Crippen molar-refractivity contribution in [1.29, 1.82) is 0 Å². The van der Waals surface area contributed by atoms with Crippen LogP contribution >= 0.6 is 0 Å². The number of piperazine rings is 1. The molecule has 2 aromatic carbocycles. The molecular weight excluding hydrogens is 362 g/mol. The van der Waals surface area contributed by atoms with E-state index in [1.165, 1.54) is 5.56 Å². The van der Waals surface area contributed by atoms with Gasteiger partial charge in [0.2, 0.25) is 0 Å². The molecule has 3 rings (SSSR count). The van der Waals surface area contributed by atoms with Crippen LogP contribution in [0, 0.1) is 0 Å². The Labute approximate surface area is 174 Å². The lowest BCUT2D eigenvalue weighted by atomic mass is 10.1. The number of amides is 2. The van der Waals surface area contributed by atoms with Crippen molar-refractivity contribution in [3.8, 4) is 0 Å². The summed E-state index contributed by atoms with van der Waals surface area (Å²) in [6.07, 6.45) is 1.25. The SMILES string of the molecule is CC(C)OCc1ccccc1CNC(=O)N1CCN(CCc2ccccc2)CC1. The number of ether oxygens (including phenoxy) is 1. The molecule has 0 aromatic heterocycles. The average Bonchev–Trinajstić information content (AvgIpc) is 2.76. The van der Waals surface area contributed by atoms with Crippen LogP contribution in [0.2, 0.25) is 0 Å². The summed E-state index contributed by atoms with van der Waals surface area (Å²) < 4.78 is 5.73. The van der Waals surface area contributed by atoms with Crippen molar-refractivity contribution in [1.82, 2.24) is 15.1 Å². The highest BCUT2D eigenvalue weighted by atomic mass is 16.5. The van der Waals surface area contributed by atoms with Crippen molar-refractivity contribution in [2.45, 2.75) is 39.5 Å². The molecule has 0 aliphatic carbocycles. The fourth-order valence-electron chi connectivity index (χ4n) is 3.52. The Morgan fingerprint density at radius 1 is 0.966 bits per heavy atom. The molecule has 2 amide bonds. The molecule has 1 aliphatic rings. The van der Waals surface area contributed by atoms with Gasteiger partial charge in [-0.2, -0.15) is 0 Å². The number of rotatable bonds is 8. The Morgan fingerprint density at radius 3 is 2.31 bits per heavy atom. The van der Waals surface area contributed by atoms with Crippen molar-refractivity contribution in [2.24, 2.45) is 0 Å². The van der Waals surface area contributed by atoms with Crippen molar-refractivity contribution in [2.75, 3.05) is 32.7 Å². The molecule has 5 nitrogen and oxygen atoms in total. The predicted octanol–water partition coefficient (Wildman–Crippen LogP) is 3.68. The summed E-state index contributed by atoms with van der Waals surface area (Å²) in [7, 11) is 0. The second-order valence-corrected chi connectivity index (χ2v) is 7.85. The third-order valence-electron chi connectivity index (χ3n) is 5.34. The van der Waals surface area contributed by atoms with Crippen molar-refractivity contribution in [3.63, 3.8) is 0 Å². The molecule has 0 radical (unpaired) electrons. The zero-order chi connectivity index (χ0) is 20.5. The van der Waals surface area contributed by atoms with Gasteiger partial charge in [-0.05, 0) is 37.0 Å². The van der Waals surface area contributed by atoms with Crippen LogP contribution in [0.1, 0.15) is 30.5 Å². The number of nitrogens with one attached hydrogen (secondary N) is 1. The summed E-state index contributed by atoms with van der Waals surface area (Å²) in [5, 5.41) is 3.08. The van der Waals surface area contributed by atoms with E-state index < -0.39 is 0 Å². The highest BCUT2D eigenvalue weighted by Gasteiger charge is 2.20. The smallest absolute Gasteiger partial charge is 0.317 e. The van der Waals surface area contributed by atoms with Crippen molar-refractivity contribution in [3.05, 3.63) is 71.3 Å². The molecule has 0 saturated carbocycles. The molecule has 1 aliphatic heterocycles. The zero-order valence-electron chi connectivity index (χ0n) is 17.6. The minimum absolute atomic E-state index is 0.0206. The van der Waals surface area contributed by atoms with Crippen LogP contribution in [0.25, 0.3) is 0 Å². The summed E-state index contributed by atoms with van der Waals surface area (Å²) in [5.41, 5.74) is 3.61. The van der Waals surface area contributed by atoms with Crippen LogP contribution < -0.4 is 5.32 Å². The maximum atomic E-state index is 12.6. The minimum atomic E-state index is 0.0206. The monoisotopic (exact) mass is 395 g/mol. The van der Waals surface area contributed by atoms with E-state index in [9.17, 15) is 4.79 Å². The number of carbonyl (C=O) groups excluding carboxylic acids is 1. The van der Waals surface area contributed by atoms with Gasteiger partial charge < -0.3 is 15.0 Å². The van der Waals surface area contributed by atoms with E-state index in [0.29, 0.717) is 13.2 Å². The number of benzene rings is 2. The molecule has 0 unspecified atom stereocenters. The van der Waals surface area contributed by atoms with Crippen LogP contribution in [0.15, 0.2) is 54.6 Å². The van der Waals surface area contributed by atoms with Crippen LogP contribution in [0.3, 0.4) is 0 Å². The fourth-order valence-corrected chi connectivity index (χ4v) is 3.52. The van der Waals surface area contributed by atoms with E-state index in [4.69, 9.17) is 4.74 Å². The molecule has 156 valence electrons. The molecule has 29 heavy (non-hydrogen) atoms. The number of nitrogens with zero attached hydrogens (tertiary/aromatic N) is 2. The Morgan fingerprint density at radius 2 is 1.62 bits per heavy atom. The first kappa shape index (κ1) is 21.3. The first-order valence-electron chi connectivity index (χ1n) is 10.6. The molecule has 1 saturated heterocycles. The van der Waals surface area contributed by atoms with Crippen molar-refractivity contribution >= 4 is 6.03 Å².